The summed E-state index contributed by atoms with van der Waals surface area (Å²) in [5, 5.41) is 13.2. The summed E-state index contributed by atoms with van der Waals surface area (Å²) in [5.41, 5.74) is 0.911. The Morgan fingerprint density at radius 3 is 2.77 bits per heavy atom. The number of hydrogen-bond acceptors (Lipinski definition) is 6. The van der Waals surface area contributed by atoms with E-state index in [-0.39, 0.29) is 0 Å². The molecule has 1 fully saturated rings. The second-order valence-electron chi connectivity index (χ2n) is 7.12. The Labute approximate surface area is 155 Å². The molecule has 1 aliphatic rings. The van der Waals surface area contributed by atoms with Crippen LogP contribution in [0.4, 0.5) is 5.82 Å². The molecule has 0 amide bonds. The van der Waals surface area contributed by atoms with Crippen LogP contribution in [0.3, 0.4) is 0 Å². The third-order valence-electron chi connectivity index (χ3n) is 5.08. The van der Waals surface area contributed by atoms with Gasteiger partial charge in [-0.1, -0.05) is 0 Å². The quantitative estimate of drug-likeness (QED) is 0.767. The Hall–Kier alpha value is -2.39. The van der Waals surface area contributed by atoms with Crippen molar-refractivity contribution in [2.45, 2.75) is 50.6 Å². The zero-order chi connectivity index (χ0) is 18.4. The minimum atomic E-state index is 0.449. The van der Waals surface area contributed by atoms with Crippen molar-refractivity contribution in [2.75, 3.05) is 26.0 Å². The maximum atomic E-state index is 8.61. The van der Waals surface area contributed by atoms with Gasteiger partial charge < -0.3 is 15.0 Å². The number of unbranched alkanes of at least 4 members (excludes halogenated alkanes) is 1. The Morgan fingerprint density at radius 1 is 1.23 bits per heavy atom. The van der Waals surface area contributed by atoms with E-state index in [9.17, 15) is 0 Å². The number of rotatable bonds is 7. The van der Waals surface area contributed by atoms with Crippen molar-refractivity contribution >= 4 is 16.7 Å². The molecule has 0 atom stereocenters. The van der Waals surface area contributed by atoms with Gasteiger partial charge in [0.25, 0.3) is 0 Å². The summed E-state index contributed by atoms with van der Waals surface area (Å²) < 4.78 is 5.76. The van der Waals surface area contributed by atoms with E-state index in [0.717, 1.165) is 41.7 Å². The van der Waals surface area contributed by atoms with Gasteiger partial charge in [0.2, 0.25) is 0 Å². The number of nitrogens with zero attached hydrogens (tertiary/aromatic N) is 4. The Morgan fingerprint density at radius 2 is 2.04 bits per heavy atom. The summed E-state index contributed by atoms with van der Waals surface area (Å²) in [5.74, 6) is 1.68. The molecule has 1 aromatic heterocycles. The van der Waals surface area contributed by atoms with Crippen LogP contribution in [-0.4, -0.2) is 47.7 Å². The molecule has 0 saturated heterocycles. The molecule has 1 saturated carbocycles. The van der Waals surface area contributed by atoms with Gasteiger partial charge >= 0.3 is 0 Å². The molecular formula is C20H27N5O. The van der Waals surface area contributed by atoms with Gasteiger partial charge in [-0.15, -0.1) is 0 Å². The zero-order valence-electron chi connectivity index (χ0n) is 15.6. The van der Waals surface area contributed by atoms with E-state index in [1.54, 1.807) is 6.33 Å². The van der Waals surface area contributed by atoms with E-state index in [2.05, 4.69) is 40.3 Å². The Bertz CT molecular complexity index is 762. The molecule has 6 nitrogen and oxygen atoms in total. The van der Waals surface area contributed by atoms with Crippen LogP contribution in [0.25, 0.3) is 10.9 Å². The number of nitriles is 1. The van der Waals surface area contributed by atoms with E-state index in [0.29, 0.717) is 25.1 Å². The van der Waals surface area contributed by atoms with Crippen LogP contribution in [-0.2, 0) is 0 Å². The second-order valence-corrected chi connectivity index (χ2v) is 7.12. The summed E-state index contributed by atoms with van der Waals surface area (Å²) in [6.07, 6.45) is 7.59. The molecule has 26 heavy (non-hydrogen) atoms. The van der Waals surface area contributed by atoms with E-state index >= 15 is 0 Å². The van der Waals surface area contributed by atoms with Gasteiger partial charge in [0.05, 0.1) is 18.2 Å². The fraction of sp³-hybridized carbons (Fsp3) is 0.550. The van der Waals surface area contributed by atoms with Crippen LogP contribution in [0.15, 0.2) is 24.5 Å². The SMILES string of the molecule is CN(C)[C@H]1CC[C@H](Nc2ncnc3ccc(OCCCC#N)cc23)CC1. The van der Waals surface area contributed by atoms with Crippen LogP contribution in [0.1, 0.15) is 38.5 Å². The van der Waals surface area contributed by atoms with Crippen LogP contribution in [0.2, 0.25) is 0 Å². The average molecular weight is 353 g/mol. The summed E-state index contributed by atoms with van der Waals surface area (Å²) in [4.78, 5) is 11.2. The third kappa shape index (κ3) is 4.61. The molecule has 0 aliphatic heterocycles. The van der Waals surface area contributed by atoms with Crippen molar-refractivity contribution in [3.05, 3.63) is 24.5 Å². The lowest BCUT2D eigenvalue weighted by atomic mass is 9.90. The van der Waals surface area contributed by atoms with Gasteiger partial charge in [-0.2, -0.15) is 5.26 Å². The van der Waals surface area contributed by atoms with E-state index in [4.69, 9.17) is 10.00 Å². The highest BCUT2D eigenvalue weighted by molar-refractivity contribution is 5.90. The monoisotopic (exact) mass is 353 g/mol. The standard InChI is InChI=1S/C20H27N5O/c1-25(2)16-7-5-15(6-8-16)24-20-18-13-17(26-12-4-3-11-21)9-10-19(18)22-14-23-20/h9-10,13-16H,3-8,12H2,1-2H3,(H,22,23,24)/t15-,16-. The van der Waals surface area contributed by atoms with Crippen molar-refractivity contribution in [1.82, 2.24) is 14.9 Å². The van der Waals surface area contributed by atoms with Gasteiger partial charge in [0.15, 0.2) is 0 Å². The number of hydrogen-bond donors (Lipinski definition) is 1. The summed E-state index contributed by atoms with van der Waals surface area (Å²) in [6, 6.07) is 9.15. The first-order valence-electron chi connectivity index (χ1n) is 9.35. The van der Waals surface area contributed by atoms with E-state index in [1.807, 2.05) is 18.2 Å². The highest BCUT2D eigenvalue weighted by Gasteiger charge is 2.23. The van der Waals surface area contributed by atoms with Crippen LogP contribution < -0.4 is 10.1 Å². The second kappa shape index (κ2) is 8.81. The predicted molar refractivity (Wildman–Crippen MR) is 103 cm³/mol. The van der Waals surface area contributed by atoms with Gasteiger partial charge in [0, 0.05) is 23.9 Å². The summed E-state index contributed by atoms with van der Waals surface area (Å²) >= 11 is 0. The van der Waals surface area contributed by atoms with E-state index < -0.39 is 0 Å². The largest absolute Gasteiger partial charge is 0.494 e. The smallest absolute Gasteiger partial charge is 0.137 e. The highest BCUT2D eigenvalue weighted by Crippen LogP contribution is 2.28. The summed E-state index contributed by atoms with van der Waals surface area (Å²) in [7, 11) is 4.32. The van der Waals surface area contributed by atoms with Crippen molar-refractivity contribution in [2.24, 2.45) is 0 Å². The summed E-state index contributed by atoms with van der Waals surface area (Å²) in [6.45, 7) is 0.546. The highest BCUT2D eigenvalue weighted by atomic mass is 16.5. The van der Waals surface area contributed by atoms with Gasteiger partial charge in [0.1, 0.15) is 17.9 Å². The van der Waals surface area contributed by atoms with Crippen molar-refractivity contribution < 1.29 is 4.74 Å². The lowest BCUT2D eigenvalue weighted by Crippen LogP contribution is -2.36. The Kier molecular flexibility index (Phi) is 6.24. The normalized spacial score (nSPS) is 20.1. The first-order chi connectivity index (χ1) is 12.7. The first kappa shape index (κ1) is 18.4. The predicted octanol–water partition coefficient (Wildman–Crippen LogP) is 3.60. The molecule has 2 aromatic rings. The van der Waals surface area contributed by atoms with Crippen LogP contribution in [0, 0.1) is 11.3 Å². The number of aromatic nitrogens is 2. The van der Waals surface area contributed by atoms with Crippen molar-refractivity contribution in [3.63, 3.8) is 0 Å². The molecule has 6 heteroatoms. The lowest BCUT2D eigenvalue weighted by molar-refractivity contribution is 0.221. The van der Waals surface area contributed by atoms with Crippen LogP contribution in [0.5, 0.6) is 5.75 Å². The maximum absolute atomic E-state index is 8.61. The third-order valence-corrected chi connectivity index (χ3v) is 5.08. The molecule has 1 aliphatic carbocycles. The molecule has 1 heterocycles. The number of benzene rings is 1. The number of ether oxygens (including phenoxy) is 1. The molecule has 0 spiro atoms. The Balaban J connectivity index is 1.69. The fourth-order valence-electron chi connectivity index (χ4n) is 3.51. The van der Waals surface area contributed by atoms with Gasteiger partial charge in [-0.05, 0) is 64.4 Å². The van der Waals surface area contributed by atoms with E-state index in [1.165, 1.54) is 12.8 Å². The molecule has 0 unspecified atom stereocenters. The minimum Gasteiger partial charge on any atom is -0.494 e. The molecule has 0 bridgehead atoms. The molecule has 138 valence electrons. The first-order valence-corrected chi connectivity index (χ1v) is 9.35. The zero-order valence-corrected chi connectivity index (χ0v) is 15.6. The molecule has 0 radical (unpaired) electrons. The molecule has 1 N–H and O–H groups in total. The van der Waals surface area contributed by atoms with Crippen molar-refractivity contribution in [1.29, 1.82) is 5.26 Å². The topological polar surface area (TPSA) is 74.1 Å². The molecular weight excluding hydrogens is 326 g/mol. The van der Waals surface area contributed by atoms with Gasteiger partial charge in [-0.25, -0.2) is 9.97 Å². The van der Waals surface area contributed by atoms with Crippen molar-refractivity contribution in [3.8, 4) is 11.8 Å². The molecule has 1 aromatic carbocycles. The number of fused-ring (bicyclic) bond motifs is 1. The fourth-order valence-corrected chi connectivity index (χ4v) is 3.51. The number of anilines is 1. The van der Waals surface area contributed by atoms with Gasteiger partial charge in [-0.3, -0.25) is 0 Å². The molecule has 3 rings (SSSR count). The lowest BCUT2D eigenvalue weighted by Gasteiger charge is -2.33. The maximum Gasteiger partial charge on any atom is 0.137 e. The average Bonchev–Trinajstić information content (AvgIpc) is 2.66. The van der Waals surface area contributed by atoms with Crippen LogP contribution >= 0.6 is 0 Å². The number of nitrogens with one attached hydrogen (secondary N) is 1. The minimum absolute atomic E-state index is 0.449.